The fourth-order valence-electron chi connectivity index (χ4n) is 2.31. The van der Waals surface area contributed by atoms with Crippen LogP contribution in [-0.2, 0) is 0 Å². The molecule has 0 N–H and O–H groups in total. The molecule has 0 atom stereocenters. The van der Waals surface area contributed by atoms with E-state index >= 15 is 0 Å². The number of halogens is 1. The second-order valence-electron chi connectivity index (χ2n) is 4.65. The lowest BCUT2D eigenvalue weighted by atomic mass is 9.34. The van der Waals surface area contributed by atoms with Crippen LogP contribution in [0.15, 0.2) is 54.6 Å². The van der Waals surface area contributed by atoms with Gasteiger partial charge in [-0.2, -0.15) is 0 Å². The van der Waals surface area contributed by atoms with E-state index in [0.29, 0.717) is 12.5 Å². The van der Waals surface area contributed by atoms with Gasteiger partial charge in [-0.25, -0.2) is 0 Å². The smallest absolute Gasteiger partial charge is 0.0849 e. The van der Waals surface area contributed by atoms with Crippen molar-refractivity contribution in [2.75, 3.05) is 0 Å². The summed E-state index contributed by atoms with van der Waals surface area (Å²) in [4.78, 5) is 0. The largest absolute Gasteiger partial charge is 0.213 e. The Kier molecular flexibility index (Phi) is 3.91. The van der Waals surface area contributed by atoms with Gasteiger partial charge in [-0.15, -0.1) is 0 Å². The Morgan fingerprint density at radius 3 is 2.06 bits per heavy atom. The van der Waals surface area contributed by atoms with Gasteiger partial charge in [0.05, 0.1) is 0 Å². The van der Waals surface area contributed by atoms with Crippen molar-refractivity contribution in [3.63, 3.8) is 0 Å². The molecule has 0 heterocycles. The molecule has 86 valence electrons. The van der Waals surface area contributed by atoms with Crippen molar-refractivity contribution in [2.24, 2.45) is 0 Å². The van der Waals surface area contributed by atoms with E-state index in [4.69, 9.17) is 11.6 Å². The van der Waals surface area contributed by atoms with Gasteiger partial charge in [0, 0.05) is 5.02 Å². The first-order valence-corrected chi connectivity index (χ1v) is 6.37. The van der Waals surface area contributed by atoms with Crippen LogP contribution in [0.1, 0.15) is 13.8 Å². The second kappa shape index (κ2) is 5.42. The first-order valence-electron chi connectivity index (χ1n) is 5.99. The minimum atomic E-state index is 0.366. The van der Waals surface area contributed by atoms with Crippen molar-refractivity contribution < 1.29 is 0 Å². The average Bonchev–Trinajstić information content (AvgIpc) is 2.33. The zero-order valence-electron chi connectivity index (χ0n) is 10.2. The summed E-state index contributed by atoms with van der Waals surface area (Å²) in [6, 6.07) is 18.7. The van der Waals surface area contributed by atoms with Crippen molar-refractivity contribution >= 4 is 29.2 Å². The molecular formula is C15H16BCl. The highest BCUT2D eigenvalue weighted by Crippen LogP contribution is 2.13. The molecule has 2 aromatic rings. The number of benzene rings is 2. The molecule has 0 aromatic heterocycles. The van der Waals surface area contributed by atoms with Crippen molar-refractivity contribution in [1.82, 2.24) is 0 Å². The highest BCUT2D eigenvalue weighted by Gasteiger charge is 2.24. The Morgan fingerprint density at radius 2 is 1.47 bits per heavy atom. The van der Waals surface area contributed by atoms with Crippen molar-refractivity contribution in [2.45, 2.75) is 19.7 Å². The van der Waals surface area contributed by atoms with E-state index in [2.05, 4.69) is 50.2 Å². The predicted molar refractivity (Wildman–Crippen MR) is 78.0 cm³/mol. The van der Waals surface area contributed by atoms with Gasteiger partial charge in [-0.3, -0.25) is 0 Å². The van der Waals surface area contributed by atoms with Crippen LogP contribution in [0.5, 0.6) is 0 Å². The minimum Gasteiger partial charge on any atom is -0.0849 e. The maximum atomic E-state index is 6.31. The Hall–Kier alpha value is -1.21. The van der Waals surface area contributed by atoms with Crippen molar-refractivity contribution in [3.05, 3.63) is 59.6 Å². The second-order valence-corrected chi connectivity index (χ2v) is 5.06. The topological polar surface area (TPSA) is 0 Å². The monoisotopic (exact) mass is 242 g/mol. The summed E-state index contributed by atoms with van der Waals surface area (Å²) >= 11 is 6.31. The van der Waals surface area contributed by atoms with E-state index in [1.807, 2.05) is 18.2 Å². The van der Waals surface area contributed by atoms with Gasteiger partial charge in [0.1, 0.15) is 0 Å². The molecule has 0 unspecified atom stereocenters. The third kappa shape index (κ3) is 2.73. The molecule has 0 spiro atoms. The third-order valence-electron chi connectivity index (χ3n) is 3.07. The molecule has 0 saturated heterocycles. The summed E-state index contributed by atoms with van der Waals surface area (Å²) in [7, 11) is 0. The van der Waals surface area contributed by atoms with E-state index in [9.17, 15) is 0 Å². The van der Waals surface area contributed by atoms with Crippen LogP contribution in [0.2, 0.25) is 10.8 Å². The van der Waals surface area contributed by atoms with E-state index in [1.54, 1.807) is 0 Å². The zero-order valence-corrected chi connectivity index (χ0v) is 11.0. The Balaban J connectivity index is 2.47. The molecule has 0 amide bonds. The molecule has 0 nitrogen and oxygen atoms in total. The van der Waals surface area contributed by atoms with E-state index in [-0.39, 0.29) is 0 Å². The molecule has 2 aromatic carbocycles. The van der Waals surface area contributed by atoms with Crippen LogP contribution < -0.4 is 10.9 Å². The van der Waals surface area contributed by atoms with Crippen LogP contribution >= 0.6 is 11.6 Å². The lowest BCUT2D eigenvalue weighted by Crippen LogP contribution is -2.45. The highest BCUT2D eigenvalue weighted by molar-refractivity contribution is 6.87. The summed E-state index contributed by atoms with van der Waals surface area (Å²) in [6.45, 7) is 4.84. The summed E-state index contributed by atoms with van der Waals surface area (Å²) in [5.41, 5.74) is 2.55. The average molecular weight is 243 g/mol. The number of rotatable bonds is 3. The van der Waals surface area contributed by atoms with Crippen LogP contribution in [-0.4, -0.2) is 6.71 Å². The van der Waals surface area contributed by atoms with E-state index < -0.39 is 0 Å². The maximum Gasteiger partial charge on any atom is 0.213 e. The first kappa shape index (κ1) is 12.3. The fourth-order valence-corrected chi connectivity index (χ4v) is 2.56. The molecule has 0 fully saturated rings. The molecular weight excluding hydrogens is 226 g/mol. The fraction of sp³-hybridized carbons (Fsp3) is 0.200. The van der Waals surface area contributed by atoms with Crippen molar-refractivity contribution in [1.29, 1.82) is 0 Å². The standard InChI is InChI=1S/C15H16BCl/c1-12(2)16(13-8-4-3-5-9-13)14-10-6-7-11-15(14)17/h3-12H,1-2H3. The van der Waals surface area contributed by atoms with Gasteiger partial charge in [-0.1, -0.05) is 90.7 Å². The van der Waals surface area contributed by atoms with Gasteiger partial charge in [-0.05, 0) is 6.07 Å². The Morgan fingerprint density at radius 1 is 0.882 bits per heavy atom. The molecule has 0 aliphatic heterocycles. The van der Waals surface area contributed by atoms with Crippen LogP contribution in [0, 0.1) is 0 Å². The summed E-state index contributed by atoms with van der Waals surface area (Å²) in [5, 5.41) is 0.857. The normalized spacial score (nSPS) is 10.6. The maximum absolute atomic E-state index is 6.31. The quantitative estimate of drug-likeness (QED) is 0.724. The first-order chi connectivity index (χ1) is 8.20. The summed E-state index contributed by atoms with van der Waals surface area (Å²) < 4.78 is 0. The van der Waals surface area contributed by atoms with Crippen LogP contribution in [0.25, 0.3) is 0 Å². The van der Waals surface area contributed by atoms with Crippen LogP contribution in [0.4, 0.5) is 0 Å². The van der Waals surface area contributed by atoms with Gasteiger partial charge in [0.15, 0.2) is 0 Å². The SMILES string of the molecule is CC(C)B(c1ccccc1)c1ccccc1Cl. The van der Waals surface area contributed by atoms with Gasteiger partial charge in [0.25, 0.3) is 0 Å². The third-order valence-corrected chi connectivity index (χ3v) is 3.41. The summed E-state index contributed by atoms with van der Waals surface area (Å²) in [5.74, 6) is 0.525. The Labute approximate surface area is 109 Å². The Bertz CT molecular complexity index is 479. The zero-order chi connectivity index (χ0) is 12.3. The predicted octanol–water partition coefficient (Wildman–Crippen LogP) is 3.36. The minimum absolute atomic E-state index is 0.366. The molecule has 0 aliphatic rings. The van der Waals surface area contributed by atoms with E-state index in [1.165, 1.54) is 10.9 Å². The van der Waals surface area contributed by atoms with Crippen LogP contribution in [0.3, 0.4) is 0 Å². The molecule has 0 bridgehead atoms. The molecule has 2 rings (SSSR count). The van der Waals surface area contributed by atoms with Gasteiger partial charge in [0.2, 0.25) is 6.71 Å². The highest BCUT2D eigenvalue weighted by atomic mass is 35.5. The molecule has 0 aliphatic carbocycles. The van der Waals surface area contributed by atoms with Crippen molar-refractivity contribution in [3.8, 4) is 0 Å². The lowest BCUT2D eigenvalue weighted by Gasteiger charge is -2.19. The van der Waals surface area contributed by atoms with Gasteiger partial charge >= 0.3 is 0 Å². The van der Waals surface area contributed by atoms with Gasteiger partial charge < -0.3 is 0 Å². The lowest BCUT2D eigenvalue weighted by molar-refractivity contribution is 1.05. The molecule has 2 heteroatoms. The molecule has 0 saturated carbocycles. The molecule has 17 heavy (non-hydrogen) atoms. The number of hydrogen-bond donors (Lipinski definition) is 0. The molecule has 0 radical (unpaired) electrons. The van der Waals surface area contributed by atoms with E-state index in [0.717, 1.165) is 5.02 Å². The summed E-state index contributed by atoms with van der Waals surface area (Å²) in [6.07, 6.45) is 0. The number of hydrogen-bond acceptors (Lipinski definition) is 0.